The number of rotatable bonds is 3. The SMILES string of the molecule is COc1ccccc1-c1ccc(B2OC(C)(C)C(C)(C)O2)cc1. The molecule has 2 aromatic carbocycles. The standard InChI is InChI=1S/C19H23BO3/c1-18(2)19(3,4)23-20(22-18)15-12-10-14(11-13-15)16-8-6-7-9-17(16)21-5/h6-13H,1-5H3. The van der Waals surface area contributed by atoms with Crippen LogP contribution in [-0.4, -0.2) is 25.4 Å². The van der Waals surface area contributed by atoms with Crippen LogP contribution in [0.4, 0.5) is 0 Å². The van der Waals surface area contributed by atoms with Crippen LogP contribution in [0.5, 0.6) is 5.75 Å². The van der Waals surface area contributed by atoms with Gasteiger partial charge in [-0.25, -0.2) is 0 Å². The second kappa shape index (κ2) is 5.70. The van der Waals surface area contributed by atoms with Gasteiger partial charge in [-0.15, -0.1) is 0 Å². The van der Waals surface area contributed by atoms with Gasteiger partial charge in [0.1, 0.15) is 5.75 Å². The first-order valence-corrected chi connectivity index (χ1v) is 7.93. The second-order valence-corrected chi connectivity index (χ2v) is 6.91. The fourth-order valence-corrected chi connectivity index (χ4v) is 2.68. The maximum atomic E-state index is 6.09. The van der Waals surface area contributed by atoms with Crippen LogP contribution in [0.25, 0.3) is 11.1 Å². The molecule has 0 amide bonds. The normalized spacial score (nSPS) is 18.9. The Morgan fingerprint density at radius 1 is 0.826 bits per heavy atom. The maximum absolute atomic E-state index is 6.09. The van der Waals surface area contributed by atoms with Crippen LogP contribution in [-0.2, 0) is 9.31 Å². The van der Waals surface area contributed by atoms with Gasteiger partial charge in [-0.2, -0.15) is 0 Å². The third kappa shape index (κ3) is 2.89. The van der Waals surface area contributed by atoms with E-state index in [0.717, 1.165) is 22.3 Å². The Morgan fingerprint density at radius 3 is 1.96 bits per heavy atom. The number of hydrogen-bond acceptors (Lipinski definition) is 3. The molecule has 1 aliphatic heterocycles. The van der Waals surface area contributed by atoms with Gasteiger partial charge in [-0.3, -0.25) is 0 Å². The first-order chi connectivity index (χ1) is 10.8. The number of hydrogen-bond donors (Lipinski definition) is 0. The van der Waals surface area contributed by atoms with Gasteiger partial charge in [0.2, 0.25) is 0 Å². The lowest BCUT2D eigenvalue weighted by molar-refractivity contribution is 0.00578. The molecular formula is C19H23BO3. The molecule has 3 rings (SSSR count). The summed E-state index contributed by atoms with van der Waals surface area (Å²) in [6.07, 6.45) is 0. The Morgan fingerprint density at radius 2 is 1.39 bits per heavy atom. The Bertz CT molecular complexity index is 676. The fraction of sp³-hybridized carbons (Fsp3) is 0.368. The van der Waals surface area contributed by atoms with E-state index in [4.69, 9.17) is 14.0 Å². The summed E-state index contributed by atoms with van der Waals surface area (Å²) in [7, 11) is 1.36. The van der Waals surface area contributed by atoms with Gasteiger partial charge in [0.15, 0.2) is 0 Å². The largest absolute Gasteiger partial charge is 0.496 e. The molecule has 1 fully saturated rings. The van der Waals surface area contributed by atoms with Crippen molar-refractivity contribution < 1.29 is 14.0 Å². The Labute approximate surface area is 138 Å². The molecule has 0 unspecified atom stereocenters. The van der Waals surface area contributed by atoms with Crippen LogP contribution in [0.15, 0.2) is 48.5 Å². The van der Waals surface area contributed by atoms with Gasteiger partial charge >= 0.3 is 7.12 Å². The van der Waals surface area contributed by atoms with E-state index in [2.05, 4.69) is 58.0 Å². The van der Waals surface area contributed by atoms with Gasteiger partial charge in [0.25, 0.3) is 0 Å². The van der Waals surface area contributed by atoms with Gasteiger partial charge < -0.3 is 14.0 Å². The zero-order chi connectivity index (χ0) is 16.7. The molecular weight excluding hydrogens is 287 g/mol. The van der Waals surface area contributed by atoms with Crippen molar-refractivity contribution in [3.8, 4) is 16.9 Å². The van der Waals surface area contributed by atoms with Crippen molar-refractivity contribution in [3.63, 3.8) is 0 Å². The molecule has 0 atom stereocenters. The average molecular weight is 310 g/mol. The molecule has 120 valence electrons. The van der Waals surface area contributed by atoms with E-state index >= 15 is 0 Å². The van der Waals surface area contributed by atoms with Crippen LogP contribution in [0.2, 0.25) is 0 Å². The number of benzene rings is 2. The Balaban J connectivity index is 1.86. The maximum Gasteiger partial charge on any atom is 0.494 e. The van der Waals surface area contributed by atoms with E-state index < -0.39 is 0 Å². The minimum Gasteiger partial charge on any atom is -0.496 e. The lowest BCUT2D eigenvalue weighted by Gasteiger charge is -2.32. The molecule has 1 saturated heterocycles. The lowest BCUT2D eigenvalue weighted by Crippen LogP contribution is -2.41. The second-order valence-electron chi connectivity index (χ2n) is 6.91. The van der Waals surface area contributed by atoms with Crippen molar-refractivity contribution in [1.29, 1.82) is 0 Å². The highest BCUT2D eigenvalue weighted by Crippen LogP contribution is 2.36. The van der Waals surface area contributed by atoms with Crippen molar-refractivity contribution in [2.45, 2.75) is 38.9 Å². The van der Waals surface area contributed by atoms with E-state index in [-0.39, 0.29) is 18.3 Å². The highest BCUT2D eigenvalue weighted by Gasteiger charge is 2.51. The summed E-state index contributed by atoms with van der Waals surface area (Å²) < 4.78 is 17.6. The van der Waals surface area contributed by atoms with Gasteiger partial charge in [0.05, 0.1) is 18.3 Å². The molecule has 1 aliphatic rings. The summed E-state index contributed by atoms with van der Waals surface area (Å²) in [4.78, 5) is 0. The molecule has 0 aliphatic carbocycles. The van der Waals surface area contributed by atoms with E-state index in [9.17, 15) is 0 Å². The van der Waals surface area contributed by atoms with Crippen LogP contribution >= 0.6 is 0 Å². The molecule has 2 aromatic rings. The molecule has 3 nitrogen and oxygen atoms in total. The van der Waals surface area contributed by atoms with Crippen LogP contribution < -0.4 is 10.2 Å². The van der Waals surface area contributed by atoms with Crippen molar-refractivity contribution >= 4 is 12.6 Å². The summed E-state index contributed by atoms with van der Waals surface area (Å²) >= 11 is 0. The Kier molecular flexibility index (Phi) is 3.99. The van der Waals surface area contributed by atoms with Crippen molar-refractivity contribution in [1.82, 2.24) is 0 Å². The van der Waals surface area contributed by atoms with Crippen LogP contribution in [0.3, 0.4) is 0 Å². The quantitative estimate of drug-likeness (QED) is 0.810. The molecule has 4 heteroatoms. The van der Waals surface area contributed by atoms with E-state index in [1.807, 2.05) is 18.2 Å². The van der Waals surface area contributed by atoms with Crippen molar-refractivity contribution in [2.24, 2.45) is 0 Å². The summed E-state index contributed by atoms with van der Waals surface area (Å²) in [6, 6.07) is 16.3. The minimum absolute atomic E-state index is 0.320. The summed E-state index contributed by atoms with van der Waals surface area (Å²) in [5.74, 6) is 0.871. The summed E-state index contributed by atoms with van der Waals surface area (Å²) in [5, 5.41) is 0. The van der Waals surface area contributed by atoms with Crippen molar-refractivity contribution in [2.75, 3.05) is 7.11 Å². The topological polar surface area (TPSA) is 27.7 Å². The Hall–Kier alpha value is -1.78. The smallest absolute Gasteiger partial charge is 0.494 e. The first kappa shape index (κ1) is 16.1. The molecule has 0 aromatic heterocycles. The molecule has 0 bridgehead atoms. The molecule has 0 spiro atoms. The van der Waals surface area contributed by atoms with Gasteiger partial charge in [-0.05, 0) is 44.8 Å². The molecule has 23 heavy (non-hydrogen) atoms. The van der Waals surface area contributed by atoms with E-state index in [1.165, 1.54) is 0 Å². The summed E-state index contributed by atoms with van der Waals surface area (Å²) in [5.41, 5.74) is 2.58. The van der Waals surface area contributed by atoms with Gasteiger partial charge in [-0.1, -0.05) is 42.5 Å². The monoisotopic (exact) mass is 310 g/mol. The van der Waals surface area contributed by atoms with Crippen LogP contribution in [0, 0.1) is 0 Å². The third-order valence-corrected chi connectivity index (χ3v) is 4.85. The predicted molar refractivity (Wildman–Crippen MR) is 94.1 cm³/mol. The van der Waals surface area contributed by atoms with Gasteiger partial charge in [0, 0.05) is 5.56 Å². The van der Waals surface area contributed by atoms with Crippen molar-refractivity contribution in [3.05, 3.63) is 48.5 Å². The average Bonchev–Trinajstić information content (AvgIpc) is 2.75. The fourth-order valence-electron chi connectivity index (χ4n) is 2.68. The zero-order valence-corrected chi connectivity index (χ0v) is 14.4. The number of ether oxygens (including phenoxy) is 1. The van der Waals surface area contributed by atoms with Crippen LogP contribution in [0.1, 0.15) is 27.7 Å². The first-order valence-electron chi connectivity index (χ1n) is 7.93. The zero-order valence-electron chi connectivity index (χ0n) is 14.4. The predicted octanol–water partition coefficient (Wildman–Crippen LogP) is 3.66. The highest BCUT2D eigenvalue weighted by atomic mass is 16.7. The molecule has 0 saturated carbocycles. The van der Waals surface area contributed by atoms with E-state index in [0.29, 0.717) is 0 Å². The third-order valence-electron chi connectivity index (χ3n) is 4.85. The minimum atomic E-state index is -0.327. The summed E-state index contributed by atoms with van der Waals surface area (Å²) in [6.45, 7) is 8.26. The molecule has 1 heterocycles. The molecule has 0 radical (unpaired) electrons. The highest BCUT2D eigenvalue weighted by molar-refractivity contribution is 6.62. The number of para-hydroxylation sites is 1. The number of methoxy groups -OCH3 is 1. The lowest BCUT2D eigenvalue weighted by atomic mass is 9.78. The molecule has 0 N–H and O–H groups in total. The van der Waals surface area contributed by atoms with E-state index in [1.54, 1.807) is 7.11 Å².